The first-order valence-corrected chi connectivity index (χ1v) is 6.93. The molecule has 0 aliphatic heterocycles. The van der Waals surface area contributed by atoms with Crippen LogP contribution in [0.5, 0.6) is 5.75 Å². The van der Waals surface area contributed by atoms with Crippen LogP contribution < -0.4 is 4.74 Å². The van der Waals surface area contributed by atoms with Gasteiger partial charge < -0.3 is 9.72 Å². The van der Waals surface area contributed by atoms with E-state index in [1.54, 1.807) is 31.5 Å². The minimum Gasteiger partial charge on any atom is -0.497 e. The molecule has 1 aromatic heterocycles. The van der Waals surface area contributed by atoms with E-state index in [1.807, 2.05) is 12.1 Å². The molecular weight excluding hydrogens is 238 g/mol. The number of nitrogens with one attached hydrogen (secondary N) is 1. The molecule has 90 valence electrons. The normalized spacial score (nSPS) is 11.4. The third-order valence-corrected chi connectivity index (χ3v) is 3.63. The lowest BCUT2D eigenvalue weighted by Gasteiger charge is -2.04. The second-order valence-corrected chi connectivity index (χ2v) is 5.70. The first-order chi connectivity index (χ1) is 8.02. The summed E-state index contributed by atoms with van der Waals surface area (Å²) in [5, 5.41) is 0. The third kappa shape index (κ3) is 2.34. The van der Waals surface area contributed by atoms with Gasteiger partial charge in [0.1, 0.15) is 5.75 Å². The lowest BCUT2D eigenvalue weighted by molar-refractivity contribution is 0.415. The van der Waals surface area contributed by atoms with Crippen molar-refractivity contribution in [1.29, 1.82) is 0 Å². The van der Waals surface area contributed by atoms with Gasteiger partial charge in [0.25, 0.3) is 0 Å². The largest absolute Gasteiger partial charge is 0.497 e. The summed E-state index contributed by atoms with van der Waals surface area (Å²) in [5.41, 5.74) is 1.42. The molecule has 0 bridgehead atoms. The molecule has 0 aliphatic carbocycles. The summed E-state index contributed by atoms with van der Waals surface area (Å²) in [7, 11) is -1.63. The SMILES string of the molecule is COc1ccc(-c2[nH]ccc2S(C)(=O)=O)cc1. The molecule has 0 aliphatic rings. The Morgan fingerprint density at radius 2 is 1.76 bits per heavy atom. The Balaban J connectivity index is 2.50. The smallest absolute Gasteiger partial charge is 0.177 e. The van der Waals surface area contributed by atoms with Gasteiger partial charge in [0.2, 0.25) is 0 Å². The van der Waals surface area contributed by atoms with Crippen molar-refractivity contribution in [2.24, 2.45) is 0 Å². The Morgan fingerprint density at radius 3 is 2.29 bits per heavy atom. The molecule has 17 heavy (non-hydrogen) atoms. The van der Waals surface area contributed by atoms with Crippen molar-refractivity contribution in [3.05, 3.63) is 36.5 Å². The van der Waals surface area contributed by atoms with E-state index in [0.29, 0.717) is 10.6 Å². The maximum Gasteiger partial charge on any atom is 0.177 e. The van der Waals surface area contributed by atoms with E-state index >= 15 is 0 Å². The summed E-state index contributed by atoms with van der Waals surface area (Å²) in [4.78, 5) is 3.25. The van der Waals surface area contributed by atoms with Gasteiger partial charge in [0, 0.05) is 12.5 Å². The van der Waals surface area contributed by atoms with Gasteiger partial charge in [-0.25, -0.2) is 8.42 Å². The molecule has 1 aromatic carbocycles. The summed E-state index contributed by atoms with van der Waals surface area (Å²) >= 11 is 0. The molecule has 0 fully saturated rings. The number of benzene rings is 1. The van der Waals surface area contributed by atoms with Gasteiger partial charge in [-0.1, -0.05) is 0 Å². The molecule has 0 amide bonds. The second kappa shape index (κ2) is 4.25. The third-order valence-electron chi connectivity index (χ3n) is 2.49. The minimum absolute atomic E-state index is 0.308. The van der Waals surface area contributed by atoms with E-state index in [-0.39, 0.29) is 0 Å². The van der Waals surface area contributed by atoms with E-state index < -0.39 is 9.84 Å². The fourth-order valence-corrected chi connectivity index (χ4v) is 2.51. The molecule has 0 radical (unpaired) electrons. The van der Waals surface area contributed by atoms with Gasteiger partial charge in [-0.2, -0.15) is 0 Å². The number of aromatic nitrogens is 1. The lowest BCUT2D eigenvalue weighted by Crippen LogP contribution is -1.97. The van der Waals surface area contributed by atoms with E-state index in [1.165, 1.54) is 6.26 Å². The van der Waals surface area contributed by atoms with E-state index in [0.717, 1.165) is 11.3 Å². The number of sulfone groups is 1. The molecule has 0 saturated heterocycles. The van der Waals surface area contributed by atoms with Crippen LogP contribution >= 0.6 is 0 Å². The fraction of sp³-hybridized carbons (Fsp3) is 0.167. The lowest BCUT2D eigenvalue weighted by atomic mass is 10.1. The fourth-order valence-electron chi connectivity index (χ4n) is 1.65. The molecule has 2 aromatic rings. The number of hydrogen-bond donors (Lipinski definition) is 1. The number of hydrogen-bond acceptors (Lipinski definition) is 3. The maximum atomic E-state index is 11.6. The highest BCUT2D eigenvalue weighted by molar-refractivity contribution is 7.90. The molecule has 0 atom stereocenters. The average Bonchev–Trinajstić information content (AvgIpc) is 2.78. The zero-order valence-electron chi connectivity index (χ0n) is 9.60. The first-order valence-electron chi connectivity index (χ1n) is 5.04. The van der Waals surface area contributed by atoms with Crippen LogP contribution in [0.2, 0.25) is 0 Å². The van der Waals surface area contributed by atoms with Crippen LogP contribution in [0.15, 0.2) is 41.4 Å². The van der Waals surface area contributed by atoms with Crippen molar-refractivity contribution in [2.45, 2.75) is 4.90 Å². The van der Waals surface area contributed by atoms with Crippen LogP contribution in [0, 0.1) is 0 Å². The second-order valence-electron chi connectivity index (χ2n) is 3.72. The molecule has 1 N–H and O–H groups in total. The molecule has 0 saturated carbocycles. The van der Waals surface area contributed by atoms with Gasteiger partial charge >= 0.3 is 0 Å². The number of rotatable bonds is 3. The predicted octanol–water partition coefficient (Wildman–Crippen LogP) is 2.09. The number of methoxy groups -OCH3 is 1. The average molecular weight is 251 g/mol. The summed E-state index contributed by atoms with van der Waals surface area (Å²) in [5.74, 6) is 0.737. The van der Waals surface area contributed by atoms with E-state index in [4.69, 9.17) is 4.74 Å². The molecule has 5 heteroatoms. The Kier molecular flexibility index (Phi) is 2.93. The zero-order valence-corrected chi connectivity index (χ0v) is 10.4. The standard InChI is InChI=1S/C12H13NO3S/c1-16-10-5-3-9(4-6-10)12-11(7-8-13-12)17(2,14)15/h3-8,13H,1-2H3. The Bertz CT molecular complexity index is 611. The molecule has 2 rings (SSSR count). The van der Waals surface area contributed by atoms with Crippen molar-refractivity contribution in [2.75, 3.05) is 13.4 Å². The minimum atomic E-state index is -3.22. The van der Waals surface area contributed by atoms with Gasteiger partial charge in [0.15, 0.2) is 9.84 Å². The van der Waals surface area contributed by atoms with Gasteiger partial charge in [-0.05, 0) is 35.9 Å². The highest BCUT2D eigenvalue weighted by Crippen LogP contribution is 2.27. The summed E-state index contributed by atoms with van der Waals surface area (Å²) in [6.07, 6.45) is 2.82. The molecule has 0 unspecified atom stereocenters. The van der Waals surface area contributed by atoms with Crippen molar-refractivity contribution in [1.82, 2.24) is 4.98 Å². The Labute approximate surface area is 100 Å². The topological polar surface area (TPSA) is 59.2 Å². The van der Waals surface area contributed by atoms with Crippen LogP contribution in [0.25, 0.3) is 11.3 Å². The van der Waals surface area contributed by atoms with Gasteiger partial charge in [-0.3, -0.25) is 0 Å². The van der Waals surface area contributed by atoms with Crippen molar-refractivity contribution in [3.8, 4) is 17.0 Å². The highest BCUT2D eigenvalue weighted by atomic mass is 32.2. The Morgan fingerprint density at radius 1 is 1.12 bits per heavy atom. The van der Waals surface area contributed by atoms with Crippen molar-refractivity contribution >= 4 is 9.84 Å². The van der Waals surface area contributed by atoms with Gasteiger partial charge in [0.05, 0.1) is 17.7 Å². The highest BCUT2D eigenvalue weighted by Gasteiger charge is 2.15. The Hall–Kier alpha value is -1.75. The summed E-state index contributed by atoms with van der Waals surface area (Å²) in [6.45, 7) is 0. The van der Waals surface area contributed by atoms with Crippen LogP contribution in [0.3, 0.4) is 0 Å². The molecular formula is C12H13NO3S. The number of ether oxygens (including phenoxy) is 1. The van der Waals surface area contributed by atoms with Crippen LogP contribution in [0.1, 0.15) is 0 Å². The number of H-pyrrole nitrogens is 1. The first kappa shape index (κ1) is 11.7. The predicted molar refractivity (Wildman–Crippen MR) is 65.9 cm³/mol. The van der Waals surface area contributed by atoms with Gasteiger partial charge in [-0.15, -0.1) is 0 Å². The molecule has 0 spiro atoms. The number of aromatic amines is 1. The van der Waals surface area contributed by atoms with E-state index in [2.05, 4.69) is 4.98 Å². The van der Waals surface area contributed by atoms with Crippen LogP contribution in [0.4, 0.5) is 0 Å². The summed E-state index contributed by atoms with van der Waals surface area (Å²) in [6, 6.07) is 8.79. The summed E-state index contributed by atoms with van der Waals surface area (Å²) < 4.78 is 28.2. The van der Waals surface area contributed by atoms with E-state index in [9.17, 15) is 8.42 Å². The quantitative estimate of drug-likeness (QED) is 0.908. The van der Waals surface area contributed by atoms with Crippen LogP contribution in [-0.4, -0.2) is 26.8 Å². The molecule has 4 nitrogen and oxygen atoms in total. The van der Waals surface area contributed by atoms with Crippen molar-refractivity contribution < 1.29 is 13.2 Å². The van der Waals surface area contributed by atoms with Crippen LogP contribution in [-0.2, 0) is 9.84 Å². The zero-order chi connectivity index (χ0) is 12.5. The monoisotopic (exact) mass is 251 g/mol. The van der Waals surface area contributed by atoms with Crippen molar-refractivity contribution in [3.63, 3.8) is 0 Å². The maximum absolute atomic E-state index is 11.6. The molecule has 1 heterocycles.